The molecule has 0 saturated heterocycles. The molecule has 2 aromatic rings. The van der Waals surface area contributed by atoms with Crippen LogP contribution in [0.2, 0.25) is 0 Å². The van der Waals surface area contributed by atoms with Crippen LogP contribution in [0.5, 0.6) is 0 Å². The SMILES string of the molecule is Nc1ccc(F)c(F)c1N1Cc2ccccc2C1. The van der Waals surface area contributed by atoms with Crippen molar-refractivity contribution in [3.05, 3.63) is 59.2 Å². The highest BCUT2D eigenvalue weighted by Crippen LogP contribution is 2.34. The van der Waals surface area contributed by atoms with Gasteiger partial charge in [-0.2, -0.15) is 0 Å². The molecule has 0 atom stereocenters. The van der Waals surface area contributed by atoms with Crippen LogP contribution in [0.25, 0.3) is 0 Å². The van der Waals surface area contributed by atoms with E-state index in [0.717, 1.165) is 17.2 Å². The van der Waals surface area contributed by atoms with E-state index >= 15 is 0 Å². The highest BCUT2D eigenvalue weighted by Gasteiger charge is 2.24. The topological polar surface area (TPSA) is 29.3 Å². The summed E-state index contributed by atoms with van der Waals surface area (Å²) in [4.78, 5) is 1.76. The van der Waals surface area contributed by atoms with E-state index in [0.29, 0.717) is 13.1 Å². The third kappa shape index (κ3) is 1.61. The van der Waals surface area contributed by atoms with Gasteiger partial charge >= 0.3 is 0 Å². The molecule has 3 rings (SSSR count). The molecule has 1 aliphatic rings. The zero-order valence-corrected chi connectivity index (χ0v) is 9.66. The predicted octanol–water partition coefficient (Wildman–Crippen LogP) is 3.07. The molecule has 0 unspecified atom stereocenters. The maximum atomic E-state index is 13.8. The van der Waals surface area contributed by atoms with Gasteiger partial charge in [0.15, 0.2) is 11.6 Å². The Bertz CT molecular complexity index is 586. The standard InChI is InChI=1S/C14H12F2N2/c15-11-5-6-12(17)14(13(11)16)18-7-9-3-1-2-4-10(9)8-18/h1-6H,7-8,17H2. The highest BCUT2D eigenvalue weighted by atomic mass is 19.2. The van der Waals surface area contributed by atoms with Crippen LogP contribution >= 0.6 is 0 Å². The van der Waals surface area contributed by atoms with Crippen molar-refractivity contribution in [1.82, 2.24) is 0 Å². The number of rotatable bonds is 1. The van der Waals surface area contributed by atoms with Crippen LogP contribution in [0, 0.1) is 11.6 Å². The van der Waals surface area contributed by atoms with Crippen LogP contribution in [-0.2, 0) is 13.1 Å². The quantitative estimate of drug-likeness (QED) is 0.783. The van der Waals surface area contributed by atoms with Gasteiger partial charge in [0, 0.05) is 13.1 Å². The predicted molar refractivity (Wildman–Crippen MR) is 67.1 cm³/mol. The molecule has 2 nitrogen and oxygen atoms in total. The number of hydrogen-bond acceptors (Lipinski definition) is 2. The fourth-order valence-electron chi connectivity index (χ4n) is 2.37. The summed E-state index contributed by atoms with van der Waals surface area (Å²) in [7, 11) is 0. The molecule has 1 aliphatic heterocycles. The van der Waals surface area contributed by atoms with E-state index in [1.165, 1.54) is 6.07 Å². The van der Waals surface area contributed by atoms with Crippen molar-refractivity contribution in [2.75, 3.05) is 10.6 Å². The van der Waals surface area contributed by atoms with Gasteiger partial charge in [0.2, 0.25) is 0 Å². The fraction of sp³-hybridized carbons (Fsp3) is 0.143. The van der Waals surface area contributed by atoms with E-state index in [4.69, 9.17) is 5.73 Å². The molecule has 0 spiro atoms. The third-order valence-electron chi connectivity index (χ3n) is 3.26. The summed E-state index contributed by atoms with van der Waals surface area (Å²) >= 11 is 0. The van der Waals surface area contributed by atoms with Gasteiger partial charge < -0.3 is 10.6 Å². The second-order valence-corrected chi connectivity index (χ2v) is 4.42. The first kappa shape index (κ1) is 11.0. The molecule has 2 N–H and O–H groups in total. The third-order valence-corrected chi connectivity index (χ3v) is 3.26. The van der Waals surface area contributed by atoms with E-state index in [-0.39, 0.29) is 11.4 Å². The fourth-order valence-corrected chi connectivity index (χ4v) is 2.37. The van der Waals surface area contributed by atoms with Gasteiger partial charge in [-0.1, -0.05) is 24.3 Å². The molecule has 18 heavy (non-hydrogen) atoms. The number of benzene rings is 2. The van der Waals surface area contributed by atoms with Crippen molar-refractivity contribution in [3.63, 3.8) is 0 Å². The van der Waals surface area contributed by atoms with Gasteiger partial charge in [-0.3, -0.25) is 0 Å². The molecule has 0 amide bonds. The van der Waals surface area contributed by atoms with Gasteiger partial charge in [-0.25, -0.2) is 8.78 Å². The summed E-state index contributed by atoms with van der Waals surface area (Å²) in [5.74, 6) is -1.74. The Hall–Kier alpha value is -2.10. The van der Waals surface area contributed by atoms with Crippen molar-refractivity contribution in [3.8, 4) is 0 Å². The molecule has 0 radical (unpaired) electrons. The molecule has 0 aromatic heterocycles. The van der Waals surface area contributed by atoms with Crippen molar-refractivity contribution >= 4 is 11.4 Å². The zero-order chi connectivity index (χ0) is 12.7. The summed E-state index contributed by atoms with van der Waals surface area (Å²) in [6.45, 7) is 1.11. The van der Waals surface area contributed by atoms with Crippen LogP contribution in [0.3, 0.4) is 0 Å². The van der Waals surface area contributed by atoms with Gasteiger partial charge in [-0.15, -0.1) is 0 Å². The number of nitrogens with zero attached hydrogens (tertiary/aromatic N) is 1. The molecule has 2 aromatic carbocycles. The van der Waals surface area contributed by atoms with E-state index in [1.54, 1.807) is 4.90 Å². The van der Waals surface area contributed by atoms with Gasteiger partial charge in [0.05, 0.1) is 11.4 Å². The number of halogens is 2. The molecule has 0 saturated carbocycles. The minimum atomic E-state index is -0.872. The molecular weight excluding hydrogens is 234 g/mol. The first-order valence-electron chi connectivity index (χ1n) is 5.72. The van der Waals surface area contributed by atoms with Crippen LogP contribution in [0.4, 0.5) is 20.2 Å². The Labute approximate surface area is 104 Å². The van der Waals surface area contributed by atoms with Crippen molar-refractivity contribution in [2.24, 2.45) is 0 Å². The summed E-state index contributed by atoms with van der Waals surface area (Å²) in [5.41, 5.74) is 8.43. The Morgan fingerprint density at radius 2 is 1.56 bits per heavy atom. The lowest BCUT2D eigenvalue weighted by molar-refractivity contribution is 0.507. The summed E-state index contributed by atoms with van der Waals surface area (Å²) in [6.07, 6.45) is 0. The summed E-state index contributed by atoms with van der Waals surface area (Å²) < 4.78 is 27.1. The zero-order valence-electron chi connectivity index (χ0n) is 9.66. The van der Waals surface area contributed by atoms with Gasteiger partial charge in [0.25, 0.3) is 0 Å². The molecular formula is C14H12F2N2. The number of nitrogens with two attached hydrogens (primary N) is 1. The summed E-state index contributed by atoms with van der Waals surface area (Å²) in [6, 6.07) is 10.3. The number of hydrogen-bond donors (Lipinski definition) is 1. The maximum absolute atomic E-state index is 13.8. The molecule has 92 valence electrons. The largest absolute Gasteiger partial charge is 0.397 e. The molecule has 0 bridgehead atoms. The molecule has 1 heterocycles. The Morgan fingerprint density at radius 3 is 2.17 bits per heavy atom. The lowest BCUT2D eigenvalue weighted by Crippen LogP contribution is -2.18. The number of fused-ring (bicyclic) bond motifs is 1. The average molecular weight is 246 g/mol. The Morgan fingerprint density at radius 1 is 0.944 bits per heavy atom. The van der Waals surface area contributed by atoms with Crippen LogP contribution in [0.1, 0.15) is 11.1 Å². The Balaban J connectivity index is 2.02. The van der Waals surface area contributed by atoms with E-state index in [9.17, 15) is 8.78 Å². The maximum Gasteiger partial charge on any atom is 0.184 e. The lowest BCUT2D eigenvalue weighted by Gasteiger charge is -2.20. The van der Waals surface area contributed by atoms with Crippen LogP contribution in [0.15, 0.2) is 36.4 Å². The second kappa shape index (κ2) is 3.98. The van der Waals surface area contributed by atoms with E-state index < -0.39 is 11.6 Å². The van der Waals surface area contributed by atoms with Crippen molar-refractivity contribution in [2.45, 2.75) is 13.1 Å². The van der Waals surface area contributed by atoms with Gasteiger partial charge in [-0.05, 0) is 23.3 Å². The van der Waals surface area contributed by atoms with Crippen molar-refractivity contribution < 1.29 is 8.78 Å². The molecule has 0 fully saturated rings. The number of anilines is 2. The molecule has 0 aliphatic carbocycles. The first-order valence-corrected chi connectivity index (χ1v) is 5.72. The van der Waals surface area contributed by atoms with Gasteiger partial charge in [0.1, 0.15) is 0 Å². The minimum Gasteiger partial charge on any atom is -0.397 e. The van der Waals surface area contributed by atoms with E-state index in [2.05, 4.69) is 0 Å². The van der Waals surface area contributed by atoms with Crippen molar-refractivity contribution in [1.29, 1.82) is 0 Å². The second-order valence-electron chi connectivity index (χ2n) is 4.42. The monoisotopic (exact) mass is 246 g/mol. The van der Waals surface area contributed by atoms with E-state index in [1.807, 2.05) is 24.3 Å². The smallest absolute Gasteiger partial charge is 0.184 e. The highest BCUT2D eigenvalue weighted by molar-refractivity contribution is 5.69. The molecule has 4 heteroatoms. The van der Waals surface area contributed by atoms with Crippen LogP contribution in [-0.4, -0.2) is 0 Å². The number of nitrogen functional groups attached to an aromatic ring is 1. The average Bonchev–Trinajstić information content (AvgIpc) is 2.77. The lowest BCUT2D eigenvalue weighted by atomic mass is 10.1. The summed E-state index contributed by atoms with van der Waals surface area (Å²) in [5, 5.41) is 0. The first-order chi connectivity index (χ1) is 8.66. The Kier molecular flexibility index (Phi) is 2.44. The minimum absolute atomic E-state index is 0.159. The van der Waals surface area contributed by atoms with Crippen LogP contribution < -0.4 is 10.6 Å². The normalized spacial score (nSPS) is 13.8.